The van der Waals surface area contributed by atoms with Crippen LogP contribution in [-0.4, -0.2) is 34.2 Å². The van der Waals surface area contributed by atoms with Gasteiger partial charge in [-0.25, -0.2) is 0 Å². The fourth-order valence-electron chi connectivity index (χ4n) is 1.40. The summed E-state index contributed by atoms with van der Waals surface area (Å²) in [6.07, 6.45) is 3.33. The summed E-state index contributed by atoms with van der Waals surface area (Å²) >= 11 is 1.73. The van der Waals surface area contributed by atoms with Crippen LogP contribution in [0.2, 0.25) is 0 Å². The van der Waals surface area contributed by atoms with Gasteiger partial charge in [-0.05, 0) is 32.4 Å². The lowest BCUT2D eigenvalue weighted by molar-refractivity contribution is -0.122. The molecular weight excluding hydrogens is 198 g/mol. The fourth-order valence-corrected chi connectivity index (χ4v) is 2.60. The van der Waals surface area contributed by atoms with E-state index in [9.17, 15) is 4.79 Å². The first-order valence-electron chi connectivity index (χ1n) is 5.10. The maximum Gasteiger partial charge on any atom is 0.233 e. The number of hydrogen-bond acceptors (Lipinski definition) is 3. The van der Waals surface area contributed by atoms with Crippen LogP contribution in [0.25, 0.3) is 0 Å². The molecule has 1 heterocycles. The maximum absolute atomic E-state index is 11.7. The molecule has 14 heavy (non-hydrogen) atoms. The number of rotatable bonds is 3. The molecule has 0 aromatic rings. The number of hydrogen-bond donors (Lipinski definition) is 2. The molecule has 0 spiro atoms. The van der Waals surface area contributed by atoms with Gasteiger partial charge in [0.25, 0.3) is 0 Å². The van der Waals surface area contributed by atoms with Gasteiger partial charge in [-0.3, -0.25) is 4.79 Å². The Morgan fingerprint density at radius 2 is 2.29 bits per heavy atom. The predicted octanol–water partition coefficient (Wildman–Crippen LogP) is 1.16. The van der Waals surface area contributed by atoms with Crippen molar-refractivity contribution >= 4 is 17.7 Å². The summed E-state index contributed by atoms with van der Waals surface area (Å²) in [7, 11) is 0. The average Bonchev–Trinajstić information content (AvgIpc) is 2.19. The molecule has 4 heteroatoms. The molecule has 1 aliphatic rings. The summed E-state index contributed by atoms with van der Waals surface area (Å²) in [4.78, 5) is 11.7. The Bertz CT molecular complexity index is 200. The first kappa shape index (κ1) is 11.9. The number of carbonyl (C=O) groups is 1. The highest BCUT2D eigenvalue weighted by molar-refractivity contribution is 8.00. The van der Waals surface area contributed by atoms with Gasteiger partial charge in [0.2, 0.25) is 5.91 Å². The monoisotopic (exact) mass is 217 g/mol. The quantitative estimate of drug-likeness (QED) is 0.746. The van der Waals surface area contributed by atoms with E-state index >= 15 is 0 Å². The van der Waals surface area contributed by atoms with Gasteiger partial charge in [0.05, 0.1) is 17.4 Å². The SMILES string of the molecule is CC(C)(CO)NC(=O)C1CCCCS1. The maximum atomic E-state index is 11.7. The van der Waals surface area contributed by atoms with Crippen molar-refractivity contribution in [2.45, 2.75) is 43.9 Å². The van der Waals surface area contributed by atoms with Crippen LogP contribution in [0.4, 0.5) is 0 Å². The molecule has 1 amide bonds. The highest BCUT2D eigenvalue weighted by atomic mass is 32.2. The first-order valence-corrected chi connectivity index (χ1v) is 6.14. The summed E-state index contributed by atoms with van der Waals surface area (Å²) in [5, 5.41) is 12.0. The molecule has 0 bridgehead atoms. The van der Waals surface area contributed by atoms with E-state index in [1.54, 1.807) is 11.8 Å². The molecule has 3 nitrogen and oxygen atoms in total. The number of amides is 1. The molecule has 0 aromatic heterocycles. The van der Waals surface area contributed by atoms with Crippen molar-refractivity contribution in [1.82, 2.24) is 5.32 Å². The second-order valence-corrected chi connectivity index (χ2v) is 5.70. The van der Waals surface area contributed by atoms with Crippen LogP contribution in [0.5, 0.6) is 0 Å². The Kier molecular flexibility index (Phi) is 4.26. The molecule has 0 aromatic carbocycles. The Hall–Kier alpha value is -0.220. The molecule has 1 rings (SSSR count). The predicted molar refractivity (Wildman–Crippen MR) is 59.4 cm³/mol. The van der Waals surface area contributed by atoms with Gasteiger partial charge in [-0.1, -0.05) is 6.42 Å². The number of thioether (sulfide) groups is 1. The smallest absolute Gasteiger partial charge is 0.233 e. The summed E-state index contributed by atoms with van der Waals surface area (Å²) in [6, 6.07) is 0. The second-order valence-electron chi connectivity index (χ2n) is 4.39. The van der Waals surface area contributed by atoms with Crippen LogP contribution in [0, 0.1) is 0 Å². The largest absolute Gasteiger partial charge is 0.394 e. The Morgan fingerprint density at radius 3 is 2.79 bits per heavy atom. The highest BCUT2D eigenvalue weighted by Gasteiger charge is 2.26. The van der Waals surface area contributed by atoms with Crippen molar-refractivity contribution in [3.05, 3.63) is 0 Å². The number of aliphatic hydroxyl groups excluding tert-OH is 1. The minimum atomic E-state index is -0.491. The Balaban J connectivity index is 2.40. The molecule has 1 unspecified atom stereocenters. The lowest BCUT2D eigenvalue weighted by Crippen LogP contribution is -2.49. The minimum Gasteiger partial charge on any atom is -0.394 e. The lowest BCUT2D eigenvalue weighted by Gasteiger charge is -2.28. The molecule has 0 aliphatic carbocycles. The summed E-state index contributed by atoms with van der Waals surface area (Å²) < 4.78 is 0. The first-order chi connectivity index (χ1) is 6.55. The van der Waals surface area contributed by atoms with Crippen molar-refractivity contribution < 1.29 is 9.90 Å². The third kappa shape index (κ3) is 3.50. The second kappa shape index (κ2) is 5.03. The van der Waals surface area contributed by atoms with E-state index in [0.717, 1.165) is 18.6 Å². The van der Waals surface area contributed by atoms with Crippen molar-refractivity contribution in [2.24, 2.45) is 0 Å². The molecule has 2 N–H and O–H groups in total. The minimum absolute atomic E-state index is 0.0177. The number of carbonyl (C=O) groups excluding carboxylic acids is 1. The molecule has 1 saturated heterocycles. The van der Waals surface area contributed by atoms with E-state index in [1.165, 1.54) is 6.42 Å². The zero-order valence-electron chi connectivity index (χ0n) is 8.88. The van der Waals surface area contributed by atoms with Gasteiger partial charge in [-0.2, -0.15) is 0 Å². The average molecular weight is 217 g/mol. The van der Waals surface area contributed by atoms with E-state index in [2.05, 4.69) is 5.32 Å². The van der Waals surface area contributed by atoms with Gasteiger partial charge in [0, 0.05) is 0 Å². The van der Waals surface area contributed by atoms with E-state index in [-0.39, 0.29) is 17.8 Å². The van der Waals surface area contributed by atoms with E-state index < -0.39 is 5.54 Å². The van der Waals surface area contributed by atoms with Crippen molar-refractivity contribution in [2.75, 3.05) is 12.4 Å². The van der Waals surface area contributed by atoms with Crippen LogP contribution in [-0.2, 0) is 4.79 Å². The number of aliphatic hydroxyl groups is 1. The van der Waals surface area contributed by atoms with E-state index in [1.807, 2.05) is 13.8 Å². The van der Waals surface area contributed by atoms with Crippen LogP contribution in [0.15, 0.2) is 0 Å². The topological polar surface area (TPSA) is 49.3 Å². The third-order valence-corrected chi connectivity index (χ3v) is 3.71. The van der Waals surface area contributed by atoms with Crippen LogP contribution in [0.1, 0.15) is 33.1 Å². The van der Waals surface area contributed by atoms with Crippen molar-refractivity contribution in [1.29, 1.82) is 0 Å². The molecular formula is C10H19NO2S. The fraction of sp³-hybridized carbons (Fsp3) is 0.900. The molecule has 82 valence electrons. The summed E-state index contributed by atoms with van der Waals surface area (Å²) in [5.41, 5.74) is -0.491. The van der Waals surface area contributed by atoms with Gasteiger partial charge in [-0.15, -0.1) is 11.8 Å². The van der Waals surface area contributed by atoms with Gasteiger partial charge in [0.1, 0.15) is 0 Å². The van der Waals surface area contributed by atoms with E-state index in [0.29, 0.717) is 0 Å². The third-order valence-electron chi connectivity index (χ3n) is 2.33. The van der Waals surface area contributed by atoms with Crippen LogP contribution in [0.3, 0.4) is 0 Å². The Labute approximate surface area is 89.6 Å². The van der Waals surface area contributed by atoms with Gasteiger partial charge in [0.15, 0.2) is 0 Å². The van der Waals surface area contributed by atoms with Crippen molar-refractivity contribution in [3.8, 4) is 0 Å². The van der Waals surface area contributed by atoms with E-state index in [4.69, 9.17) is 5.11 Å². The summed E-state index contributed by atoms with van der Waals surface area (Å²) in [6.45, 7) is 3.65. The normalized spacial score (nSPS) is 23.2. The van der Waals surface area contributed by atoms with Gasteiger partial charge >= 0.3 is 0 Å². The van der Waals surface area contributed by atoms with Crippen molar-refractivity contribution in [3.63, 3.8) is 0 Å². The molecule has 1 aliphatic heterocycles. The zero-order valence-corrected chi connectivity index (χ0v) is 9.69. The lowest BCUT2D eigenvalue weighted by atomic mass is 10.1. The molecule has 1 fully saturated rings. The highest BCUT2D eigenvalue weighted by Crippen LogP contribution is 2.25. The molecule has 0 radical (unpaired) electrons. The van der Waals surface area contributed by atoms with Crippen LogP contribution < -0.4 is 5.32 Å². The van der Waals surface area contributed by atoms with Gasteiger partial charge < -0.3 is 10.4 Å². The zero-order chi connectivity index (χ0) is 10.6. The molecule has 0 saturated carbocycles. The van der Waals surface area contributed by atoms with Crippen LogP contribution >= 0.6 is 11.8 Å². The Morgan fingerprint density at radius 1 is 1.57 bits per heavy atom. The number of nitrogens with one attached hydrogen (secondary N) is 1. The molecule has 1 atom stereocenters. The standard InChI is InChI=1S/C10H19NO2S/c1-10(2,7-12)11-9(13)8-5-3-4-6-14-8/h8,12H,3-7H2,1-2H3,(H,11,13). The summed E-state index contributed by atoms with van der Waals surface area (Å²) in [5.74, 6) is 1.16.